The fourth-order valence-electron chi connectivity index (χ4n) is 2.45. The van der Waals surface area contributed by atoms with Gasteiger partial charge in [-0.2, -0.15) is 29.7 Å². The summed E-state index contributed by atoms with van der Waals surface area (Å²) in [6.07, 6.45) is 1.11. The number of nitrogens with zero attached hydrogens (tertiary/aromatic N) is 10. The van der Waals surface area contributed by atoms with Gasteiger partial charge in [-0.05, 0) is 25.4 Å². The zero-order chi connectivity index (χ0) is 17.1. The molecule has 11 heteroatoms. The Hall–Kier alpha value is -2.71. The number of anilines is 2. The molecule has 1 saturated heterocycles. The molecule has 0 bridgehead atoms. The second-order valence-electron chi connectivity index (χ2n) is 5.21. The lowest BCUT2D eigenvalue weighted by atomic mass is 10.3. The number of hydrogen-bond acceptors (Lipinski definition) is 8. The first-order valence-corrected chi connectivity index (χ1v) is 7.71. The smallest absolute Gasteiger partial charge is 0.325 e. The number of halogens is 1. The van der Waals surface area contributed by atoms with Crippen molar-refractivity contribution in [3.8, 4) is 0 Å². The van der Waals surface area contributed by atoms with Crippen LogP contribution >= 0.6 is 11.6 Å². The maximum absolute atomic E-state index is 8.60. The van der Waals surface area contributed by atoms with Crippen LogP contribution in [-0.2, 0) is 0 Å². The van der Waals surface area contributed by atoms with Crippen LogP contribution in [0.5, 0.6) is 0 Å². The fraction of sp³-hybridized carbons (Fsp3) is 0.462. The molecule has 0 aliphatic carbocycles. The molecule has 3 rings (SSSR count). The average Bonchev–Trinajstić information content (AvgIpc) is 2.54. The number of piperazine rings is 1. The predicted octanol–water partition coefficient (Wildman–Crippen LogP) is 0.302. The van der Waals surface area contributed by atoms with Crippen molar-refractivity contribution in [3.63, 3.8) is 0 Å². The molecular formula is C13H15ClN10. The van der Waals surface area contributed by atoms with Crippen molar-refractivity contribution in [2.24, 2.45) is 0 Å². The van der Waals surface area contributed by atoms with Gasteiger partial charge in [0.15, 0.2) is 0 Å². The Morgan fingerprint density at radius 2 is 1.42 bits per heavy atom. The van der Waals surface area contributed by atoms with Gasteiger partial charge in [0.25, 0.3) is 0 Å². The second kappa shape index (κ2) is 6.81. The van der Waals surface area contributed by atoms with Crippen LogP contribution in [0.4, 0.5) is 11.9 Å². The average molecular weight is 347 g/mol. The first-order chi connectivity index (χ1) is 11.5. The lowest BCUT2D eigenvalue weighted by Crippen LogP contribution is -2.48. The number of aryl methyl sites for hydroxylation is 2. The van der Waals surface area contributed by atoms with Crippen molar-refractivity contribution in [3.05, 3.63) is 28.3 Å². The molecular weight excluding hydrogens is 332 g/mol. The summed E-state index contributed by atoms with van der Waals surface area (Å²) in [5, 5.41) is 0.0565. The van der Waals surface area contributed by atoms with Crippen molar-refractivity contribution >= 4 is 29.7 Å². The van der Waals surface area contributed by atoms with Crippen LogP contribution in [0.3, 0.4) is 0 Å². The van der Waals surface area contributed by atoms with Gasteiger partial charge >= 0.3 is 6.21 Å². The van der Waals surface area contributed by atoms with E-state index in [-0.39, 0.29) is 11.1 Å². The Morgan fingerprint density at radius 1 is 0.875 bits per heavy atom. The first-order valence-electron chi connectivity index (χ1n) is 7.33. The molecule has 0 unspecified atom stereocenters. The summed E-state index contributed by atoms with van der Waals surface area (Å²) in [5.74, 6) is 2.75. The van der Waals surface area contributed by atoms with Crippen LogP contribution in [0.25, 0.3) is 5.53 Å². The molecule has 0 atom stereocenters. The van der Waals surface area contributed by atoms with E-state index < -0.39 is 0 Å². The van der Waals surface area contributed by atoms with Gasteiger partial charge in [-0.15, -0.1) is 0 Å². The van der Waals surface area contributed by atoms with Gasteiger partial charge < -0.3 is 15.3 Å². The minimum Gasteiger partial charge on any atom is -0.361 e. The van der Waals surface area contributed by atoms with E-state index in [9.17, 15) is 0 Å². The van der Waals surface area contributed by atoms with Gasteiger partial charge in [0.2, 0.25) is 23.0 Å². The molecule has 0 N–H and O–H groups in total. The van der Waals surface area contributed by atoms with Crippen LogP contribution in [0.2, 0.25) is 5.28 Å². The van der Waals surface area contributed by atoms with Crippen LogP contribution in [0, 0.1) is 13.8 Å². The zero-order valence-electron chi connectivity index (χ0n) is 13.3. The van der Waals surface area contributed by atoms with E-state index in [2.05, 4.69) is 39.6 Å². The molecule has 1 aliphatic rings. The highest BCUT2D eigenvalue weighted by Gasteiger charge is 2.22. The summed E-state index contributed by atoms with van der Waals surface area (Å²) >= 11 is 5.89. The molecule has 0 aromatic carbocycles. The van der Waals surface area contributed by atoms with Gasteiger partial charge in [-0.1, -0.05) is 0 Å². The SMILES string of the molecule is Cc1nc(C)nc(N2CCN(c3nc(Cl)nc(C=[N+]=[N-])n3)CC2)n1. The van der Waals surface area contributed by atoms with E-state index in [1.54, 1.807) is 0 Å². The van der Waals surface area contributed by atoms with Crippen molar-refractivity contribution in [1.82, 2.24) is 29.9 Å². The largest absolute Gasteiger partial charge is 0.361 e. The van der Waals surface area contributed by atoms with E-state index >= 15 is 0 Å². The van der Waals surface area contributed by atoms with Gasteiger partial charge in [0.05, 0.1) is 0 Å². The Kier molecular flexibility index (Phi) is 4.59. The van der Waals surface area contributed by atoms with Crippen LogP contribution in [-0.4, -0.2) is 67.1 Å². The number of rotatable bonds is 3. The highest BCUT2D eigenvalue weighted by atomic mass is 35.5. The van der Waals surface area contributed by atoms with Crippen molar-refractivity contribution < 1.29 is 4.79 Å². The molecule has 0 amide bonds. The van der Waals surface area contributed by atoms with E-state index in [4.69, 9.17) is 17.1 Å². The standard InChI is InChI=1S/C13H15ClN10/c1-8-17-9(2)19-12(18-8)23-3-5-24(6-4-23)13-21-10(7-16-15)20-11(14)22-13/h7H,3-6H2,1-2H3. The highest BCUT2D eigenvalue weighted by Crippen LogP contribution is 2.16. The van der Waals surface area contributed by atoms with E-state index in [1.807, 2.05) is 18.7 Å². The van der Waals surface area contributed by atoms with Crippen LogP contribution in [0.15, 0.2) is 0 Å². The van der Waals surface area contributed by atoms with E-state index in [0.717, 1.165) is 19.3 Å². The fourth-order valence-corrected chi connectivity index (χ4v) is 2.61. The number of hydrogen-bond donors (Lipinski definition) is 0. The maximum Gasteiger partial charge on any atom is 0.325 e. The second-order valence-corrected chi connectivity index (χ2v) is 5.55. The van der Waals surface area contributed by atoms with E-state index in [1.165, 1.54) is 0 Å². The summed E-state index contributed by atoms with van der Waals surface area (Å²) in [5.41, 5.74) is 8.60. The summed E-state index contributed by atoms with van der Waals surface area (Å²) in [6, 6.07) is 0. The van der Waals surface area contributed by atoms with Crippen LogP contribution < -0.4 is 9.80 Å². The molecule has 1 fully saturated rings. The maximum atomic E-state index is 8.60. The predicted molar refractivity (Wildman–Crippen MR) is 87.3 cm³/mol. The Balaban J connectivity index is 1.74. The summed E-state index contributed by atoms with van der Waals surface area (Å²) in [7, 11) is 0. The van der Waals surface area contributed by atoms with Crippen molar-refractivity contribution in [2.75, 3.05) is 36.0 Å². The third kappa shape index (κ3) is 3.61. The Labute approximate surface area is 143 Å². The molecule has 124 valence electrons. The summed E-state index contributed by atoms with van der Waals surface area (Å²) < 4.78 is 0. The summed E-state index contributed by atoms with van der Waals surface area (Å²) in [4.78, 5) is 32.2. The van der Waals surface area contributed by atoms with Crippen LogP contribution in [0.1, 0.15) is 17.5 Å². The van der Waals surface area contributed by atoms with Gasteiger partial charge in [-0.25, -0.2) is 4.98 Å². The zero-order valence-corrected chi connectivity index (χ0v) is 14.0. The molecule has 0 radical (unpaired) electrons. The molecule has 24 heavy (non-hydrogen) atoms. The molecule has 0 saturated carbocycles. The minimum atomic E-state index is 0.0565. The Morgan fingerprint density at radius 3 is 1.96 bits per heavy atom. The van der Waals surface area contributed by atoms with Crippen molar-refractivity contribution in [1.29, 1.82) is 0 Å². The quantitative estimate of drug-likeness (QED) is 0.442. The monoisotopic (exact) mass is 346 g/mol. The lowest BCUT2D eigenvalue weighted by molar-refractivity contribution is 0.00393. The Bertz CT molecular complexity index is 775. The minimum absolute atomic E-state index is 0.0565. The topological polar surface area (TPSA) is 120 Å². The molecule has 1 aliphatic heterocycles. The normalized spacial score (nSPS) is 14.5. The highest BCUT2D eigenvalue weighted by molar-refractivity contribution is 6.28. The third-order valence-electron chi connectivity index (χ3n) is 3.48. The summed E-state index contributed by atoms with van der Waals surface area (Å²) in [6.45, 7) is 6.50. The third-order valence-corrected chi connectivity index (χ3v) is 3.65. The molecule has 0 spiro atoms. The van der Waals surface area contributed by atoms with Gasteiger partial charge in [0.1, 0.15) is 11.6 Å². The van der Waals surface area contributed by atoms with Gasteiger partial charge in [0, 0.05) is 26.2 Å². The molecule has 10 nitrogen and oxygen atoms in total. The number of aromatic nitrogens is 6. The van der Waals surface area contributed by atoms with E-state index in [0.29, 0.717) is 36.6 Å². The molecule has 2 aromatic heterocycles. The first kappa shape index (κ1) is 16.2. The molecule has 3 heterocycles. The molecule has 2 aromatic rings. The lowest BCUT2D eigenvalue weighted by Gasteiger charge is -2.34. The van der Waals surface area contributed by atoms with Crippen molar-refractivity contribution in [2.45, 2.75) is 13.8 Å². The van der Waals surface area contributed by atoms with Gasteiger partial charge in [-0.3, -0.25) is 0 Å².